The van der Waals surface area contributed by atoms with Crippen molar-refractivity contribution >= 4 is 5.69 Å². The number of hydrogen-bond acceptors (Lipinski definition) is 4. The summed E-state index contributed by atoms with van der Waals surface area (Å²) in [6, 6.07) is 7.17. The normalized spacial score (nSPS) is 22.8. The van der Waals surface area contributed by atoms with E-state index in [0.29, 0.717) is 23.4 Å². The first-order valence-corrected chi connectivity index (χ1v) is 13.0. The molecule has 0 aromatic heterocycles. The van der Waals surface area contributed by atoms with E-state index in [9.17, 15) is 0 Å². The van der Waals surface area contributed by atoms with Gasteiger partial charge in [0.25, 0.3) is 0 Å². The van der Waals surface area contributed by atoms with Gasteiger partial charge in [0.05, 0.1) is 0 Å². The Morgan fingerprint density at radius 2 is 1.72 bits per heavy atom. The summed E-state index contributed by atoms with van der Waals surface area (Å²) in [5.74, 6) is 0.617. The minimum absolute atomic E-state index is 0.0350. The molecule has 1 aliphatic heterocycles. The van der Waals surface area contributed by atoms with Gasteiger partial charge in [-0.05, 0) is 72.6 Å². The Balaban J connectivity index is 1.87. The molecule has 1 saturated carbocycles. The standard InChI is InChI=1S/C28H49N3O/c1-7-8-12-30-13-15-31(16-14-30)26-18-22(25(29)11-17-32-6)9-10-24(26)23-19-27(2,3)21-28(4,5)20-23/h9-10,18,23,25H,7-8,11-17,19-21,29H2,1-6H3. The number of anilines is 1. The highest BCUT2D eigenvalue weighted by Crippen LogP contribution is 2.53. The molecule has 1 aliphatic carbocycles. The van der Waals surface area contributed by atoms with Crippen molar-refractivity contribution in [2.45, 2.75) is 85.1 Å². The zero-order valence-electron chi connectivity index (χ0n) is 21.8. The van der Waals surface area contributed by atoms with Crippen LogP contribution in [-0.2, 0) is 4.74 Å². The third kappa shape index (κ3) is 6.71. The van der Waals surface area contributed by atoms with Crippen LogP contribution in [0.25, 0.3) is 0 Å². The number of benzene rings is 1. The predicted molar refractivity (Wildman–Crippen MR) is 138 cm³/mol. The first kappa shape index (κ1) is 25.5. The van der Waals surface area contributed by atoms with E-state index < -0.39 is 0 Å². The average molecular weight is 444 g/mol. The SMILES string of the molecule is CCCCN1CCN(c2cc(C(N)CCOC)ccc2C2CC(C)(C)CC(C)(C)C2)CC1. The first-order chi connectivity index (χ1) is 15.1. The fraction of sp³-hybridized carbons (Fsp3) is 0.786. The van der Waals surface area contributed by atoms with E-state index in [0.717, 1.165) is 19.5 Å². The average Bonchev–Trinajstić information content (AvgIpc) is 2.74. The summed E-state index contributed by atoms with van der Waals surface area (Å²) >= 11 is 0. The van der Waals surface area contributed by atoms with Crippen molar-refractivity contribution in [1.29, 1.82) is 0 Å². The van der Waals surface area contributed by atoms with Crippen LogP contribution in [0.2, 0.25) is 0 Å². The Labute approximate surface area is 197 Å². The fourth-order valence-electron chi connectivity index (χ4n) is 6.48. The minimum Gasteiger partial charge on any atom is -0.385 e. The van der Waals surface area contributed by atoms with Crippen molar-refractivity contribution in [2.75, 3.05) is 51.3 Å². The van der Waals surface area contributed by atoms with Crippen LogP contribution in [0, 0.1) is 10.8 Å². The van der Waals surface area contributed by atoms with E-state index in [4.69, 9.17) is 10.5 Å². The molecule has 0 bridgehead atoms. The molecule has 2 N–H and O–H groups in total. The molecule has 1 atom stereocenters. The second-order valence-corrected chi connectivity index (χ2v) is 12.0. The van der Waals surface area contributed by atoms with Crippen LogP contribution in [0.15, 0.2) is 18.2 Å². The molecule has 2 aliphatic rings. The largest absolute Gasteiger partial charge is 0.385 e. The van der Waals surface area contributed by atoms with Gasteiger partial charge in [0, 0.05) is 51.6 Å². The van der Waals surface area contributed by atoms with Crippen molar-refractivity contribution in [3.8, 4) is 0 Å². The van der Waals surface area contributed by atoms with Gasteiger partial charge in [-0.15, -0.1) is 0 Å². The Morgan fingerprint density at radius 1 is 1.06 bits per heavy atom. The van der Waals surface area contributed by atoms with Gasteiger partial charge in [-0.2, -0.15) is 0 Å². The first-order valence-electron chi connectivity index (χ1n) is 13.0. The number of ether oxygens (including phenoxy) is 1. The molecule has 4 nitrogen and oxygen atoms in total. The predicted octanol–water partition coefficient (Wildman–Crippen LogP) is 5.96. The zero-order chi connectivity index (χ0) is 23.4. The third-order valence-corrected chi connectivity index (χ3v) is 7.65. The van der Waals surface area contributed by atoms with Gasteiger partial charge in [-0.25, -0.2) is 0 Å². The summed E-state index contributed by atoms with van der Waals surface area (Å²) in [6.07, 6.45) is 7.30. The highest BCUT2D eigenvalue weighted by molar-refractivity contribution is 5.58. The molecule has 1 saturated heterocycles. The second-order valence-electron chi connectivity index (χ2n) is 12.0. The summed E-state index contributed by atoms with van der Waals surface area (Å²) in [7, 11) is 1.76. The van der Waals surface area contributed by atoms with Crippen LogP contribution in [0.1, 0.15) is 96.2 Å². The van der Waals surface area contributed by atoms with Gasteiger partial charge in [-0.3, -0.25) is 4.90 Å². The van der Waals surface area contributed by atoms with Crippen molar-refractivity contribution in [2.24, 2.45) is 16.6 Å². The second kappa shape index (κ2) is 10.9. The van der Waals surface area contributed by atoms with Crippen LogP contribution in [0.3, 0.4) is 0 Å². The number of nitrogens with zero attached hydrogens (tertiary/aromatic N) is 2. The van der Waals surface area contributed by atoms with E-state index in [1.54, 1.807) is 12.7 Å². The molecular weight excluding hydrogens is 394 g/mol. The molecule has 0 radical (unpaired) electrons. The van der Waals surface area contributed by atoms with E-state index in [1.807, 2.05) is 0 Å². The Hall–Kier alpha value is -1.10. The van der Waals surface area contributed by atoms with Crippen LogP contribution < -0.4 is 10.6 Å². The maximum atomic E-state index is 6.56. The van der Waals surface area contributed by atoms with Crippen LogP contribution in [-0.4, -0.2) is 51.3 Å². The lowest BCUT2D eigenvalue weighted by atomic mass is 9.60. The van der Waals surface area contributed by atoms with Gasteiger partial charge in [0.2, 0.25) is 0 Å². The molecule has 1 aromatic rings. The smallest absolute Gasteiger partial charge is 0.0480 e. The Morgan fingerprint density at radius 3 is 2.31 bits per heavy atom. The number of nitrogens with two attached hydrogens (primary N) is 1. The molecule has 0 spiro atoms. The van der Waals surface area contributed by atoms with Gasteiger partial charge in [0.1, 0.15) is 0 Å². The summed E-state index contributed by atoms with van der Waals surface area (Å²) in [4.78, 5) is 5.29. The zero-order valence-corrected chi connectivity index (χ0v) is 21.8. The van der Waals surface area contributed by atoms with E-state index in [2.05, 4.69) is 62.6 Å². The topological polar surface area (TPSA) is 41.7 Å². The summed E-state index contributed by atoms with van der Waals surface area (Å²) < 4.78 is 5.29. The lowest BCUT2D eigenvalue weighted by Crippen LogP contribution is -2.47. The lowest BCUT2D eigenvalue weighted by molar-refractivity contribution is 0.0969. The van der Waals surface area contributed by atoms with Crippen LogP contribution in [0.4, 0.5) is 5.69 Å². The molecule has 4 heteroatoms. The third-order valence-electron chi connectivity index (χ3n) is 7.65. The Bertz CT molecular complexity index is 705. The maximum absolute atomic E-state index is 6.56. The quantitative estimate of drug-likeness (QED) is 0.511. The van der Waals surface area contributed by atoms with E-state index in [-0.39, 0.29) is 6.04 Å². The number of methoxy groups -OCH3 is 1. The number of unbranched alkanes of at least 4 members (excludes halogenated alkanes) is 1. The summed E-state index contributed by atoms with van der Waals surface area (Å²) in [6.45, 7) is 18.6. The molecular formula is C28H49N3O. The fourth-order valence-corrected chi connectivity index (χ4v) is 6.48. The lowest BCUT2D eigenvalue weighted by Gasteiger charge is -2.46. The number of piperazine rings is 1. The van der Waals surface area contributed by atoms with E-state index in [1.165, 1.54) is 63.0 Å². The molecule has 1 aromatic carbocycles. The number of rotatable bonds is 9. The molecule has 3 rings (SSSR count). The van der Waals surface area contributed by atoms with Crippen molar-refractivity contribution in [1.82, 2.24) is 4.90 Å². The van der Waals surface area contributed by atoms with E-state index >= 15 is 0 Å². The van der Waals surface area contributed by atoms with Crippen molar-refractivity contribution in [3.05, 3.63) is 29.3 Å². The van der Waals surface area contributed by atoms with Crippen molar-refractivity contribution in [3.63, 3.8) is 0 Å². The van der Waals surface area contributed by atoms with Crippen molar-refractivity contribution < 1.29 is 4.74 Å². The molecule has 1 heterocycles. The molecule has 182 valence electrons. The van der Waals surface area contributed by atoms with Crippen LogP contribution >= 0.6 is 0 Å². The maximum Gasteiger partial charge on any atom is 0.0480 e. The van der Waals surface area contributed by atoms with Gasteiger partial charge >= 0.3 is 0 Å². The summed E-state index contributed by atoms with van der Waals surface area (Å²) in [5, 5.41) is 0. The highest BCUT2D eigenvalue weighted by atomic mass is 16.5. The molecule has 32 heavy (non-hydrogen) atoms. The molecule has 2 fully saturated rings. The summed E-state index contributed by atoms with van der Waals surface area (Å²) in [5.41, 5.74) is 11.6. The Kier molecular flexibility index (Phi) is 8.68. The molecule has 0 amide bonds. The molecule has 1 unspecified atom stereocenters. The highest BCUT2D eigenvalue weighted by Gasteiger charge is 2.40. The minimum atomic E-state index is 0.0350. The van der Waals surface area contributed by atoms with Gasteiger partial charge in [-0.1, -0.05) is 53.2 Å². The monoisotopic (exact) mass is 443 g/mol. The van der Waals surface area contributed by atoms with Gasteiger partial charge in [0.15, 0.2) is 0 Å². The van der Waals surface area contributed by atoms with Gasteiger partial charge < -0.3 is 15.4 Å². The van der Waals surface area contributed by atoms with Crippen LogP contribution in [0.5, 0.6) is 0 Å². The number of hydrogen-bond donors (Lipinski definition) is 1.